The standard InChI is InChI=1S/C18H22ClN3OS/c19-15-5-3-14(4-6-15)7-8-20-17(23)11-16-13-24-18(21-16)12-22-9-1-2-10-22/h3-6,13H,1-2,7-12H2,(H,20,23). The van der Waals surface area contributed by atoms with Gasteiger partial charge in [0.15, 0.2) is 0 Å². The molecule has 0 saturated carbocycles. The van der Waals surface area contributed by atoms with E-state index < -0.39 is 0 Å². The Labute approximate surface area is 151 Å². The molecule has 3 rings (SSSR count). The molecule has 4 nitrogen and oxygen atoms in total. The van der Waals surface area contributed by atoms with E-state index in [9.17, 15) is 4.79 Å². The van der Waals surface area contributed by atoms with E-state index in [0.717, 1.165) is 28.7 Å². The third-order valence-corrected chi connectivity index (χ3v) is 5.28. The fraction of sp³-hybridized carbons (Fsp3) is 0.444. The van der Waals surface area contributed by atoms with Crippen LogP contribution in [0.3, 0.4) is 0 Å². The zero-order chi connectivity index (χ0) is 16.8. The van der Waals surface area contributed by atoms with E-state index in [2.05, 4.69) is 15.2 Å². The molecule has 0 aliphatic carbocycles. The van der Waals surface area contributed by atoms with Gasteiger partial charge in [-0.25, -0.2) is 4.98 Å². The molecular formula is C18H22ClN3OS. The lowest BCUT2D eigenvalue weighted by molar-refractivity contribution is -0.120. The number of halogens is 1. The predicted octanol–water partition coefficient (Wildman–Crippen LogP) is 3.29. The van der Waals surface area contributed by atoms with Gasteiger partial charge in [-0.2, -0.15) is 0 Å². The van der Waals surface area contributed by atoms with Gasteiger partial charge >= 0.3 is 0 Å². The van der Waals surface area contributed by atoms with E-state index in [-0.39, 0.29) is 5.91 Å². The van der Waals surface area contributed by atoms with Crippen molar-refractivity contribution in [2.24, 2.45) is 0 Å². The van der Waals surface area contributed by atoms with Gasteiger partial charge in [-0.15, -0.1) is 11.3 Å². The highest BCUT2D eigenvalue weighted by molar-refractivity contribution is 7.09. The van der Waals surface area contributed by atoms with Crippen molar-refractivity contribution in [3.63, 3.8) is 0 Å². The molecule has 0 spiro atoms. The minimum Gasteiger partial charge on any atom is -0.355 e. The highest BCUT2D eigenvalue weighted by Crippen LogP contribution is 2.16. The Kier molecular flexibility index (Phi) is 6.24. The molecule has 0 bridgehead atoms. The van der Waals surface area contributed by atoms with Crippen molar-refractivity contribution in [3.8, 4) is 0 Å². The summed E-state index contributed by atoms with van der Waals surface area (Å²) in [7, 11) is 0. The summed E-state index contributed by atoms with van der Waals surface area (Å²) >= 11 is 7.52. The fourth-order valence-corrected chi connectivity index (χ4v) is 3.82. The number of nitrogens with one attached hydrogen (secondary N) is 1. The molecule has 0 radical (unpaired) electrons. The van der Waals surface area contributed by atoms with Gasteiger partial charge in [0.05, 0.1) is 18.7 Å². The maximum absolute atomic E-state index is 12.0. The summed E-state index contributed by atoms with van der Waals surface area (Å²) in [5.41, 5.74) is 2.04. The molecule has 2 heterocycles. The van der Waals surface area contributed by atoms with Gasteiger partial charge in [0.1, 0.15) is 5.01 Å². The zero-order valence-electron chi connectivity index (χ0n) is 13.6. The largest absolute Gasteiger partial charge is 0.355 e. The molecule has 0 atom stereocenters. The first-order chi connectivity index (χ1) is 11.7. The van der Waals surface area contributed by atoms with E-state index in [1.807, 2.05) is 29.6 Å². The predicted molar refractivity (Wildman–Crippen MR) is 98.5 cm³/mol. The number of nitrogens with zero attached hydrogens (tertiary/aromatic N) is 2. The van der Waals surface area contributed by atoms with Crippen LogP contribution in [0.4, 0.5) is 0 Å². The molecular weight excluding hydrogens is 342 g/mol. The van der Waals surface area contributed by atoms with Gasteiger partial charge in [-0.05, 0) is 50.0 Å². The summed E-state index contributed by atoms with van der Waals surface area (Å²) in [6.45, 7) is 3.88. The molecule has 1 aromatic carbocycles. The van der Waals surface area contributed by atoms with Crippen molar-refractivity contribution in [1.29, 1.82) is 0 Å². The highest BCUT2D eigenvalue weighted by Gasteiger charge is 2.14. The van der Waals surface area contributed by atoms with Crippen LogP contribution in [-0.2, 0) is 24.2 Å². The van der Waals surface area contributed by atoms with Crippen molar-refractivity contribution < 1.29 is 4.79 Å². The summed E-state index contributed by atoms with van der Waals surface area (Å²) in [5.74, 6) is 0.0296. The second-order valence-corrected chi connectivity index (χ2v) is 7.50. The minimum atomic E-state index is 0.0296. The van der Waals surface area contributed by atoms with Crippen LogP contribution in [0.5, 0.6) is 0 Å². The molecule has 1 aliphatic rings. The monoisotopic (exact) mass is 363 g/mol. The van der Waals surface area contributed by atoms with Gasteiger partial charge < -0.3 is 5.32 Å². The Bertz CT molecular complexity index is 665. The number of carbonyl (C=O) groups is 1. The SMILES string of the molecule is O=C(Cc1csc(CN2CCCC2)n1)NCCc1ccc(Cl)cc1. The van der Waals surface area contributed by atoms with E-state index in [1.54, 1.807) is 11.3 Å². The average Bonchev–Trinajstić information content (AvgIpc) is 3.22. The first-order valence-electron chi connectivity index (χ1n) is 8.36. The number of thiazole rings is 1. The first-order valence-corrected chi connectivity index (χ1v) is 9.61. The molecule has 1 aromatic heterocycles. The Hall–Kier alpha value is -1.43. The summed E-state index contributed by atoms with van der Waals surface area (Å²) in [6.07, 6.45) is 3.74. The van der Waals surface area contributed by atoms with E-state index in [4.69, 9.17) is 11.6 Å². The van der Waals surface area contributed by atoms with Crippen molar-refractivity contribution in [2.45, 2.75) is 32.2 Å². The van der Waals surface area contributed by atoms with Gasteiger partial charge in [0, 0.05) is 16.9 Å². The Morgan fingerprint density at radius 3 is 2.75 bits per heavy atom. The van der Waals surface area contributed by atoms with Gasteiger partial charge in [0.25, 0.3) is 0 Å². The highest BCUT2D eigenvalue weighted by atomic mass is 35.5. The van der Waals surface area contributed by atoms with Crippen LogP contribution < -0.4 is 5.32 Å². The average molecular weight is 364 g/mol. The smallest absolute Gasteiger partial charge is 0.226 e. The molecule has 1 saturated heterocycles. The number of hydrogen-bond acceptors (Lipinski definition) is 4. The second-order valence-electron chi connectivity index (χ2n) is 6.12. The summed E-state index contributed by atoms with van der Waals surface area (Å²) < 4.78 is 0. The van der Waals surface area contributed by atoms with Crippen molar-refractivity contribution in [2.75, 3.05) is 19.6 Å². The molecule has 2 aromatic rings. The third kappa shape index (κ3) is 5.30. The molecule has 1 amide bonds. The summed E-state index contributed by atoms with van der Waals surface area (Å²) in [6, 6.07) is 7.71. The van der Waals surface area contributed by atoms with Gasteiger partial charge in [0.2, 0.25) is 5.91 Å². The van der Waals surface area contributed by atoms with Gasteiger partial charge in [-0.3, -0.25) is 9.69 Å². The zero-order valence-corrected chi connectivity index (χ0v) is 15.2. The van der Waals surface area contributed by atoms with Crippen LogP contribution >= 0.6 is 22.9 Å². The van der Waals surface area contributed by atoms with E-state index in [1.165, 1.54) is 31.5 Å². The number of rotatable bonds is 7. The lowest BCUT2D eigenvalue weighted by Gasteiger charge is -2.11. The molecule has 24 heavy (non-hydrogen) atoms. The molecule has 1 N–H and O–H groups in total. The Morgan fingerprint density at radius 2 is 2.00 bits per heavy atom. The minimum absolute atomic E-state index is 0.0296. The first kappa shape index (κ1) is 17.4. The molecule has 0 unspecified atom stereocenters. The number of amides is 1. The number of benzene rings is 1. The summed E-state index contributed by atoms with van der Waals surface area (Å²) in [5, 5.41) is 6.81. The maximum atomic E-state index is 12.0. The van der Waals surface area contributed by atoms with Crippen molar-refractivity contribution >= 4 is 28.8 Å². The van der Waals surface area contributed by atoms with Crippen LogP contribution in [0.15, 0.2) is 29.6 Å². The number of carbonyl (C=O) groups excluding carboxylic acids is 1. The second kappa shape index (κ2) is 8.60. The van der Waals surface area contributed by atoms with Crippen LogP contribution in [0, 0.1) is 0 Å². The third-order valence-electron chi connectivity index (χ3n) is 4.15. The van der Waals surface area contributed by atoms with E-state index in [0.29, 0.717) is 13.0 Å². The van der Waals surface area contributed by atoms with Crippen LogP contribution in [0.1, 0.15) is 29.1 Å². The van der Waals surface area contributed by atoms with Crippen LogP contribution in [0.25, 0.3) is 0 Å². The topological polar surface area (TPSA) is 45.2 Å². The Morgan fingerprint density at radius 1 is 1.25 bits per heavy atom. The van der Waals surface area contributed by atoms with Crippen molar-refractivity contribution in [1.82, 2.24) is 15.2 Å². The fourth-order valence-electron chi connectivity index (χ4n) is 2.86. The molecule has 128 valence electrons. The van der Waals surface area contributed by atoms with Crippen molar-refractivity contribution in [3.05, 3.63) is 50.9 Å². The normalized spacial score (nSPS) is 14.9. The molecule has 1 aliphatic heterocycles. The quantitative estimate of drug-likeness (QED) is 0.821. The number of hydrogen-bond donors (Lipinski definition) is 1. The van der Waals surface area contributed by atoms with Crippen LogP contribution in [-0.4, -0.2) is 35.4 Å². The Balaban J connectivity index is 1.39. The number of likely N-dealkylation sites (tertiary alicyclic amines) is 1. The lowest BCUT2D eigenvalue weighted by Crippen LogP contribution is -2.27. The van der Waals surface area contributed by atoms with Crippen LogP contribution in [0.2, 0.25) is 5.02 Å². The van der Waals surface area contributed by atoms with E-state index >= 15 is 0 Å². The van der Waals surface area contributed by atoms with Gasteiger partial charge in [-0.1, -0.05) is 23.7 Å². The maximum Gasteiger partial charge on any atom is 0.226 e. The number of aromatic nitrogens is 1. The summed E-state index contributed by atoms with van der Waals surface area (Å²) in [4.78, 5) is 19.0. The lowest BCUT2D eigenvalue weighted by atomic mass is 10.1. The molecule has 6 heteroatoms. The molecule has 1 fully saturated rings.